The van der Waals surface area contributed by atoms with Gasteiger partial charge in [0.25, 0.3) is 0 Å². The van der Waals surface area contributed by atoms with Crippen LogP contribution < -0.4 is 4.74 Å². The van der Waals surface area contributed by atoms with Crippen LogP contribution in [0.15, 0.2) is 42.5 Å². The summed E-state index contributed by atoms with van der Waals surface area (Å²) in [7, 11) is 0. The van der Waals surface area contributed by atoms with Gasteiger partial charge in [0, 0.05) is 17.2 Å². The number of rotatable bonds is 6. The second-order valence-corrected chi connectivity index (χ2v) is 4.98. The van der Waals surface area contributed by atoms with Gasteiger partial charge in [-0.3, -0.25) is 4.79 Å². The fourth-order valence-electron chi connectivity index (χ4n) is 2.04. The van der Waals surface area contributed by atoms with Crippen molar-refractivity contribution in [3.05, 3.63) is 53.8 Å². The predicted molar refractivity (Wildman–Crippen MR) is 82.2 cm³/mol. The topological polar surface area (TPSA) is 26.3 Å². The Morgan fingerprint density at radius 3 is 2.43 bits per heavy atom. The van der Waals surface area contributed by atoms with E-state index in [0.717, 1.165) is 18.4 Å². The van der Waals surface area contributed by atoms with Gasteiger partial charge < -0.3 is 4.74 Å². The van der Waals surface area contributed by atoms with Crippen molar-refractivity contribution in [1.29, 1.82) is 0 Å². The van der Waals surface area contributed by atoms with Gasteiger partial charge in [0.05, 0.1) is 6.61 Å². The van der Waals surface area contributed by atoms with Gasteiger partial charge in [0.15, 0.2) is 5.78 Å². The lowest BCUT2D eigenvalue weighted by Crippen LogP contribution is -1.97. The summed E-state index contributed by atoms with van der Waals surface area (Å²) in [6, 6.07) is 11.8. The normalized spacial score (nSPS) is 10.4. The number of halogens is 1. The fraction of sp³-hybridized carbons (Fsp3) is 0.278. The molecule has 0 radical (unpaired) electrons. The van der Waals surface area contributed by atoms with E-state index in [1.165, 1.54) is 13.0 Å². The number of carbonyl (C=O) groups is 1. The van der Waals surface area contributed by atoms with Crippen LogP contribution in [0.5, 0.6) is 5.75 Å². The molecule has 2 aromatic rings. The standard InChI is InChI=1S/C18H19FO2/c1-3-4-11-21-16-9-10-17(18(19)12-16)15-7-5-14(6-8-15)13(2)20/h5-10,12H,3-4,11H2,1-2H3. The maximum Gasteiger partial charge on any atom is 0.159 e. The van der Waals surface area contributed by atoms with E-state index in [1.54, 1.807) is 36.4 Å². The quantitative estimate of drug-likeness (QED) is 0.559. The molecule has 110 valence electrons. The Bertz CT molecular complexity index is 618. The van der Waals surface area contributed by atoms with Crippen molar-refractivity contribution in [2.24, 2.45) is 0 Å². The summed E-state index contributed by atoms with van der Waals surface area (Å²) in [6.07, 6.45) is 2.00. The first-order chi connectivity index (χ1) is 10.1. The highest BCUT2D eigenvalue weighted by atomic mass is 19.1. The molecule has 0 aliphatic rings. The van der Waals surface area contributed by atoms with Crippen LogP contribution in [-0.4, -0.2) is 12.4 Å². The first-order valence-electron chi connectivity index (χ1n) is 7.15. The molecule has 0 unspecified atom stereocenters. The molecule has 0 saturated carbocycles. The highest BCUT2D eigenvalue weighted by molar-refractivity contribution is 5.94. The third-order valence-electron chi connectivity index (χ3n) is 3.31. The lowest BCUT2D eigenvalue weighted by molar-refractivity contribution is 0.101. The maximum absolute atomic E-state index is 14.2. The summed E-state index contributed by atoms with van der Waals surface area (Å²) >= 11 is 0. The van der Waals surface area contributed by atoms with Crippen LogP contribution in [0.1, 0.15) is 37.0 Å². The zero-order chi connectivity index (χ0) is 15.2. The molecule has 0 aliphatic carbocycles. The molecule has 0 saturated heterocycles. The van der Waals surface area contributed by atoms with Gasteiger partial charge in [-0.2, -0.15) is 0 Å². The van der Waals surface area contributed by atoms with E-state index in [9.17, 15) is 9.18 Å². The number of unbranched alkanes of at least 4 members (excludes halogenated alkanes) is 1. The van der Waals surface area contributed by atoms with Gasteiger partial charge in [-0.25, -0.2) is 4.39 Å². The Labute approximate surface area is 124 Å². The molecule has 2 aromatic carbocycles. The molecule has 0 N–H and O–H groups in total. The number of hydrogen-bond donors (Lipinski definition) is 0. The summed E-state index contributed by atoms with van der Waals surface area (Å²) in [5.74, 6) is 0.228. The van der Waals surface area contributed by atoms with Crippen LogP contribution in [0.4, 0.5) is 4.39 Å². The van der Waals surface area contributed by atoms with Crippen molar-refractivity contribution in [2.45, 2.75) is 26.7 Å². The minimum absolute atomic E-state index is 0.00157. The average molecular weight is 286 g/mol. The van der Waals surface area contributed by atoms with Crippen LogP contribution in [-0.2, 0) is 0 Å². The molecule has 0 heterocycles. The van der Waals surface area contributed by atoms with Crippen LogP contribution in [0.3, 0.4) is 0 Å². The Kier molecular flexibility index (Phi) is 5.09. The number of benzene rings is 2. The molecule has 21 heavy (non-hydrogen) atoms. The molecular formula is C18H19FO2. The highest BCUT2D eigenvalue weighted by Gasteiger charge is 2.08. The average Bonchev–Trinajstić information content (AvgIpc) is 2.48. The Balaban J connectivity index is 2.18. The first kappa shape index (κ1) is 15.2. The molecule has 0 bridgehead atoms. The van der Waals surface area contributed by atoms with E-state index < -0.39 is 0 Å². The van der Waals surface area contributed by atoms with Crippen molar-refractivity contribution >= 4 is 5.78 Å². The van der Waals surface area contributed by atoms with Gasteiger partial charge in [-0.15, -0.1) is 0 Å². The predicted octanol–water partition coefficient (Wildman–Crippen LogP) is 4.87. The molecule has 0 fully saturated rings. The van der Waals surface area contributed by atoms with Crippen molar-refractivity contribution in [2.75, 3.05) is 6.61 Å². The molecule has 2 rings (SSSR count). The van der Waals surface area contributed by atoms with Crippen LogP contribution >= 0.6 is 0 Å². The number of ketones is 1. The second kappa shape index (κ2) is 7.02. The summed E-state index contributed by atoms with van der Waals surface area (Å²) in [4.78, 5) is 11.2. The first-order valence-corrected chi connectivity index (χ1v) is 7.15. The van der Waals surface area contributed by atoms with Crippen molar-refractivity contribution < 1.29 is 13.9 Å². The number of Topliss-reactive ketones (excluding diaryl/α,β-unsaturated/α-hetero) is 1. The van der Waals surface area contributed by atoms with E-state index in [1.807, 2.05) is 0 Å². The van der Waals surface area contributed by atoms with Crippen molar-refractivity contribution in [1.82, 2.24) is 0 Å². The summed E-state index contributed by atoms with van der Waals surface area (Å²) in [6.45, 7) is 4.19. The molecule has 0 spiro atoms. The van der Waals surface area contributed by atoms with Gasteiger partial charge in [0.1, 0.15) is 11.6 Å². The number of hydrogen-bond acceptors (Lipinski definition) is 2. The molecule has 2 nitrogen and oxygen atoms in total. The molecule has 0 amide bonds. The zero-order valence-electron chi connectivity index (χ0n) is 12.4. The van der Waals surface area contributed by atoms with Gasteiger partial charge in [-0.1, -0.05) is 37.6 Å². The summed E-state index contributed by atoms with van der Waals surface area (Å²) in [5, 5.41) is 0. The molecule has 0 aliphatic heterocycles. The summed E-state index contributed by atoms with van der Waals surface area (Å²) < 4.78 is 19.6. The van der Waals surface area contributed by atoms with Gasteiger partial charge >= 0.3 is 0 Å². The third-order valence-corrected chi connectivity index (χ3v) is 3.31. The van der Waals surface area contributed by atoms with Gasteiger partial charge in [-0.05, 0) is 31.0 Å². The van der Waals surface area contributed by atoms with Crippen LogP contribution in [0.25, 0.3) is 11.1 Å². The lowest BCUT2D eigenvalue weighted by atomic mass is 10.0. The monoisotopic (exact) mass is 286 g/mol. The van der Waals surface area contributed by atoms with E-state index in [-0.39, 0.29) is 11.6 Å². The van der Waals surface area contributed by atoms with Crippen LogP contribution in [0.2, 0.25) is 0 Å². The lowest BCUT2D eigenvalue weighted by Gasteiger charge is -2.08. The van der Waals surface area contributed by atoms with E-state index in [2.05, 4.69) is 6.92 Å². The Morgan fingerprint density at radius 2 is 1.86 bits per heavy atom. The zero-order valence-corrected chi connectivity index (χ0v) is 12.4. The van der Waals surface area contributed by atoms with E-state index in [4.69, 9.17) is 4.74 Å². The molecule has 0 atom stereocenters. The Hall–Kier alpha value is -2.16. The minimum atomic E-state index is -0.320. The van der Waals surface area contributed by atoms with Crippen LogP contribution in [0, 0.1) is 5.82 Å². The van der Waals surface area contributed by atoms with Crippen molar-refractivity contribution in [3.8, 4) is 16.9 Å². The van der Waals surface area contributed by atoms with Crippen molar-refractivity contribution in [3.63, 3.8) is 0 Å². The molecule has 3 heteroatoms. The number of ether oxygens (including phenoxy) is 1. The van der Waals surface area contributed by atoms with Gasteiger partial charge in [0.2, 0.25) is 0 Å². The molecular weight excluding hydrogens is 267 g/mol. The largest absolute Gasteiger partial charge is 0.493 e. The van der Waals surface area contributed by atoms with E-state index >= 15 is 0 Å². The smallest absolute Gasteiger partial charge is 0.159 e. The fourth-order valence-corrected chi connectivity index (χ4v) is 2.04. The highest BCUT2D eigenvalue weighted by Crippen LogP contribution is 2.26. The Morgan fingerprint density at radius 1 is 1.14 bits per heavy atom. The molecule has 0 aromatic heterocycles. The van der Waals surface area contributed by atoms with E-state index in [0.29, 0.717) is 23.5 Å². The maximum atomic E-state index is 14.2. The summed E-state index contributed by atoms with van der Waals surface area (Å²) in [5.41, 5.74) is 1.88. The second-order valence-electron chi connectivity index (χ2n) is 4.98. The minimum Gasteiger partial charge on any atom is -0.493 e. The number of carbonyl (C=O) groups excluding carboxylic acids is 1. The third kappa shape index (κ3) is 3.91. The SMILES string of the molecule is CCCCOc1ccc(-c2ccc(C(C)=O)cc2)c(F)c1.